The number of carbonyl (C=O) groups is 2. The summed E-state index contributed by atoms with van der Waals surface area (Å²) in [7, 11) is 3.20. The molecule has 1 saturated heterocycles. The molecule has 2 aliphatic rings. The Hall–Kier alpha value is -3.59. The molecular formula is C26H28N4O4S. The lowest BCUT2D eigenvalue weighted by molar-refractivity contribution is -0.131. The SMILES string of the molecule is COc1ccc(CCN2C(=S)N(C3CC3)C(=O)C2CC(=O)Nc2ccc3cc[nH]c3c2)cc1OC. The van der Waals surface area contributed by atoms with Crippen molar-refractivity contribution in [3.8, 4) is 11.5 Å². The number of methoxy groups -OCH3 is 2. The predicted molar refractivity (Wildman–Crippen MR) is 138 cm³/mol. The van der Waals surface area contributed by atoms with Crippen LogP contribution in [0.2, 0.25) is 0 Å². The molecule has 2 amide bonds. The van der Waals surface area contributed by atoms with Crippen molar-refractivity contribution in [3.05, 3.63) is 54.2 Å². The molecule has 35 heavy (non-hydrogen) atoms. The third kappa shape index (κ3) is 4.68. The lowest BCUT2D eigenvalue weighted by Gasteiger charge is -2.24. The van der Waals surface area contributed by atoms with Gasteiger partial charge < -0.3 is 24.7 Å². The average Bonchev–Trinajstić information content (AvgIpc) is 3.52. The molecule has 0 spiro atoms. The first-order valence-corrected chi connectivity index (χ1v) is 12.1. The van der Waals surface area contributed by atoms with E-state index >= 15 is 0 Å². The van der Waals surface area contributed by atoms with Crippen molar-refractivity contribution < 1.29 is 19.1 Å². The van der Waals surface area contributed by atoms with Crippen LogP contribution in [0.1, 0.15) is 24.8 Å². The normalized spacial score (nSPS) is 17.8. The molecule has 0 radical (unpaired) electrons. The second kappa shape index (κ2) is 9.58. The van der Waals surface area contributed by atoms with Crippen LogP contribution in [0.15, 0.2) is 48.7 Å². The standard InChI is InChI=1S/C26H28N4O4S/c1-33-22-8-3-16(13-23(22)34-2)10-12-29-21(25(32)30(26(29)35)19-6-7-19)15-24(31)28-18-5-4-17-9-11-27-20(17)14-18/h3-5,8-9,11,13-14,19,21,27H,6-7,10,12,15H2,1-2H3,(H,28,31). The minimum atomic E-state index is -0.613. The van der Waals surface area contributed by atoms with Crippen molar-refractivity contribution in [2.45, 2.75) is 37.8 Å². The molecule has 1 aliphatic heterocycles. The van der Waals surface area contributed by atoms with E-state index in [1.807, 2.05) is 53.6 Å². The van der Waals surface area contributed by atoms with Crippen molar-refractivity contribution in [1.82, 2.24) is 14.8 Å². The maximum absolute atomic E-state index is 13.3. The molecule has 1 aromatic heterocycles. The van der Waals surface area contributed by atoms with Crippen LogP contribution in [-0.2, 0) is 16.0 Å². The number of ether oxygens (including phenoxy) is 2. The first-order valence-electron chi connectivity index (χ1n) is 11.7. The van der Waals surface area contributed by atoms with Crippen molar-refractivity contribution >= 4 is 45.7 Å². The fourth-order valence-corrected chi connectivity index (χ4v) is 5.03. The number of rotatable bonds is 9. The summed E-state index contributed by atoms with van der Waals surface area (Å²) in [4.78, 5) is 33.0. The maximum Gasteiger partial charge on any atom is 0.252 e. The molecule has 1 atom stereocenters. The smallest absolute Gasteiger partial charge is 0.252 e. The zero-order chi connectivity index (χ0) is 24.5. The zero-order valence-corrected chi connectivity index (χ0v) is 20.6. The molecule has 2 aromatic carbocycles. The fraction of sp³-hybridized carbons (Fsp3) is 0.346. The van der Waals surface area contributed by atoms with Crippen LogP contribution in [0.3, 0.4) is 0 Å². The Morgan fingerprint density at radius 2 is 1.91 bits per heavy atom. The number of aromatic nitrogens is 1. The molecule has 5 rings (SSSR count). The van der Waals surface area contributed by atoms with Crippen LogP contribution in [0.5, 0.6) is 11.5 Å². The van der Waals surface area contributed by atoms with Crippen LogP contribution in [0.25, 0.3) is 10.9 Å². The second-order valence-corrected chi connectivity index (χ2v) is 9.27. The fourth-order valence-electron chi connectivity index (χ4n) is 4.58. The Balaban J connectivity index is 1.30. The highest BCUT2D eigenvalue weighted by molar-refractivity contribution is 7.80. The van der Waals surface area contributed by atoms with E-state index in [1.54, 1.807) is 19.1 Å². The minimum absolute atomic E-state index is 0.0386. The quantitative estimate of drug-likeness (QED) is 0.443. The summed E-state index contributed by atoms with van der Waals surface area (Å²) in [6, 6.07) is 13.0. The highest BCUT2D eigenvalue weighted by atomic mass is 32.1. The Bertz CT molecular complexity index is 1290. The first-order chi connectivity index (χ1) is 17.0. The molecule has 8 nitrogen and oxygen atoms in total. The van der Waals surface area contributed by atoms with Crippen LogP contribution >= 0.6 is 12.2 Å². The van der Waals surface area contributed by atoms with E-state index in [4.69, 9.17) is 21.7 Å². The van der Waals surface area contributed by atoms with Gasteiger partial charge in [-0.15, -0.1) is 0 Å². The summed E-state index contributed by atoms with van der Waals surface area (Å²) >= 11 is 5.71. The van der Waals surface area contributed by atoms with Gasteiger partial charge in [-0.2, -0.15) is 0 Å². The number of nitrogens with one attached hydrogen (secondary N) is 2. The van der Waals surface area contributed by atoms with E-state index < -0.39 is 6.04 Å². The number of thiocarbonyl (C=S) groups is 1. The van der Waals surface area contributed by atoms with Gasteiger partial charge in [-0.1, -0.05) is 12.1 Å². The molecule has 2 fully saturated rings. The van der Waals surface area contributed by atoms with Crippen molar-refractivity contribution in [1.29, 1.82) is 0 Å². The van der Waals surface area contributed by atoms with Crippen LogP contribution < -0.4 is 14.8 Å². The average molecular weight is 493 g/mol. The lowest BCUT2D eigenvalue weighted by Crippen LogP contribution is -2.39. The number of hydrogen-bond acceptors (Lipinski definition) is 5. The molecule has 1 saturated carbocycles. The summed E-state index contributed by atoms with van der Waals surface area (Å²) in [6.45, 7) is 0.523. The maximum atomic E-state index is 13.3. The van der Waals surface area contributed by atoms with Crippen LogP contribution in [0.4, 0.5) is 5.69 Å². The monoisotopic (exact) mass is 492 g/mol. The van der Waals surface area contributed by atoms with Crippen molar-refractivity contribution in [3.63, 3.8) is 0 Å². The summed E-state index contributed by atoms with van der Waals surface area (Å²) in [6.07, 6.45) is 4.44. The van der Waals surface area contributed by atoms with E-state index in [1.165, 1.54) is 0 Å². The topological polar surface area (TPSA) is 86.9 Å². The van der Waals surface area contributed by atoms with Gasteiger partial charge in [0.2, 0.25) is 5.91 Å². The number of nitrogens with zero attached hydrogens (tertiary/aromatic N) is 2. The van der Waals surface area contributed by atoms with Gasteiger partial charge in [-0.3, -0.25) is 14.5 Å². The van der Waals surface area contributed by atoms with Gasteiger partial charge in [0.15, 0.2) is 16.6 Å². The van der Waals surface area contributed by atoms with Gasteiger partial charge in [0.25, 0.3) is 5.91 Å². The van der Waals surface area contributed by atoms with Gasteiger partial charge in [0, 0.05) is 30.0 Å². The van der Waals surface area contributed by atoms with Gasteiger partial charge in [0.05, 0.1) is 20.6 Å². The molecule has 0 bridgehead atoms. The minimum Gasteiger partial charge on any atom is -0.493 e. The number of amides is 2. The molecule has 182 valence electrons. The predicted octanol–water partition coefficient (Wildman–Crippen LogP) is 3.72. The van der Waals surface area contributed by atoms with E-state index in [2.05, 4.69) is 10.3 Å². The molecule has 1 aliphatic carbocycles. The second-order valence-electron chi connectivity index (χ2n) is 8.90. The first kappa shape index (κ1) is 23.2. The highest BCUT2D eigenvalue weighted by Gasteiger charge is 2.48. The Labute approximate surface area is 209 Å². The van der Waals surface area contributed by atoms with E-state index in [0.717, 1.165) is 29.3 Å². The van der Waals surface area contributed by atoms with Gasteiger partial charge >= 0.3 is 0 Å². The Morgan fingerprint density at radius 3 is 2.66 bits per heavy atom. The number of H-pyrrole nitrogens is 1. The summed E-state index contributed by atoms with van der Waals surface area (Å²) in [5.74, 6) is 1.01. The largest absolute Gasteiger partial charge is 0.493 e. The number of hydrogen-bond donors (Lipinski definition) is 2. The number of anilines is 1. The molecule has 2 heterocycles. The zero-order valence-electron chi connectivity index (χ0n) is 19.7. The van der Waals surface area contributed by atoms with E-state index in [9.17, 15) is 9.59 Å². The number of fused-ring (bicyclic) bond motifs is 1. The summed E-state index contributed by atoms with van der Waals surface area (Å²) in [5.41, 5.74) is 2.66. The van der Waals surface area contributed by atoms with Crippen molar-refractivity contribution in [2.24, 2.45) is 0 Å². The highest BCUT2D eigenvalue weighted by Crippen LogP contribution is 2.34. The molecule has 3 aromatic rings. The summed E-state index contributed by atoms with van der Waals surface area (Å²) in [5, 5.41) is 4.53. The van der Waals surface area contributed by atoms with Crippen molar-refractivity contribution in [2.75, 3.05) is 26.1 Å². The van der Waals surface area contributed by atoms with Gasteiger partial charge in [-0.25, -0.2) is 0 Å². The number of aromatic amines is 1. The number of benzene rings is 2. The van der Waals surface area contributed by atoms with Crippen LogP contribution in [0, 0.1) is 0 Å². The van der Waals surface area contributed by atoms with E-state index in [0.29, 0.717) is 35.3 Å². The Morgan fingerprint density at radius 1 is 1.11 bits per heavy atom. The Kier molecular flexibility index (Phi) is 6.34. The molecule has 1 unspecified atom stereocenters. The van der Waals surface area contributed by atoms with Gasteiger partial charge in [-0.05, 0) is 72.8 Å². The molecule has 9 heteroatoms. The van der Waals surface area contributed by atoms with E-state index in [-0.39, 0.29) is 24.3 Å². The summed E-state index contributed by atoms with van der Waals surface area (Å²) < 4.78 is 10.7. The lowest BCUT2D eigenvalue weighted by atomic mass is 10.1. The molecule has 2 N–H and O–H groups in total. The van der Waals surface area contributed by atoms with Gasteiger partial charge in [0.1, 0.15) is 6.04 Å². The molecular weight excluding hydrogens is 464 g/mol. The number of carbonyl (C=O) groups excluding carboxylic acids is 2. The third-order valence-corrected chi connectivity index (χ3v) is 7.00. The third-order valence-electron chi connectivity index (χ3n) is 6.57. The van der Waals surface area contributed by atoms with Crippen LogP contribution in [-0.4, -0.2) is 64.6 Å².